The average molecular weight is 198 g/mol. The molecule has 78 valence electrons. The van der Waals surface area contributed by atoms with E-state index in [4.69, 9.17) is 0 Å². The van der Waals surface area contributed by atoms with Gasteiger partial charge in [-0.2, -0.15) is 0 Å². The average Bonchev–Trinajstić information content (AvgIpc) is 2.76. The summed E-state index contributed by atoms with van der Waals surface area (Å²) in [5.74, 6) is 0. The summed E-state index contributed by atoms with van der Waals surface area (Å²) in [6, 6.07) is 0.573. The van der Waals surface area contributed by atoms with Crippen molar-refractivity contribution in [2.75, 3.05) is 0 Å². The van der Waals surface area contributed by atoms with Crippen LogP contribution in [0.25, 0.3) is 0 Å². The molecule has 1 saturated carbocycles. The number of aromatic amines is 1. The molecule has 0 radical (unpaired) electrons. The Balaban J connectivity index is 1.94. The molecule has 0 bridgehead atoms. The van der Waals surface area contributed by atoms with Crippen molar-refractivity contribution in [1.82, 2.24) is 10.6 Å². The quantitative estimate of drug-likeness (QED) is 0.663. The van der Waals surface area contributed by atoms with E-state index >= 15 is 0 Å². The van der Waals surface area contributed by atoms with Crippen molar-refractivity contribution in [3.05, 3.63) is 16.1 Å². The molecule has 1 aromatic heterocycles. The molecular weight excluding hydrogens is 182 g/mol. The fourth-order valence-electron chi connectivity index (χ4n) is 1.92. The normalized spacial score (nSPS) is 17.8. The van der Waals surface area contributed by atoms with E-state index in [0.29, 0.717) is 18.3 Å². The third-order valence-corrected chi connectivity index (χ3v) is 2.83. The summed E-state index contributed by atoms with van der Waals surface area (Å²) in [6.45, 7) is 0.590. The summed E-state index contributed by atoms with van der Waals surface area (Å²) in [6.07, 6.45) is 5.04. The van der Waals surface area contributed by atoms with E-state index in [1.54, 1.807) is 11.7 Å². The number of H-pyrrole nitrogens is 1. The van der Waals surface area contributed by atoms with E-state index < -0.39 is 0 Å². The molecule has 2 N–H and O–H groups in total. The molecule has 0 amide bonds. The highest BCUT2D eigenvalue weighted by molar-refractivity contribution is 4.84. The zero-order valence-corrected chi connectivity index (χ0v) is 8.38. The first-order valence-electron chi connectivity index (χ1n) is 5.07. The van der Waals surface area contributed by atoms with Crippen molar-refractivity contribution >= 4 is 0 Å². The standard InChI is InChI=1S/C9H15N3O2/c1-12-8(9(13)14-11-12)6-10-7-4-2-3-5-7/h7,10H,2-6H2,1H3/p+1. The molecule has 2 rings (SSSR count). The van der Waals surface area contributed by atoms with Crippen LogP contribution in [0.3, 0.4) is 0 Å². The van der Waals surface area contributed by atoms with Gasteiger partial charge in [0, 0.05) is 6.04 Å². The molecule has 0 unspecified atom stereocenters. The molecule has 0 aliphatic heterocycles. The van der Waals surface area contributed by atoms with Crippen LogP contribution < -0.4 is 15.6 Å². The van der Waals surface area contributed by atoms with Crippen molar-refractivity contribution in [3.63, 3.8) is 0 Å². The predicted molar refractivity (Wildman–Crippen MR) is 49.6 cm³/mol. The number of nitrogens with zero attached hydrogens (tertiary/aromatic N) is 1. The lowest BCUT2D eigenvalue weighted by Gasteiger charge is -2.07. The Kier molecular flexibility index (Phi) is 2.67. The van der Waals surface area contributed by atoms with Gasteiger partial charge in [0.1, 0.15) is 0 Å². The second-order valence-corrected chi connectivity index (χ2v) is 3.85. The summed E-state index contributed by atoms with van der Waals surface area (Å²) in [5.41, 5.74) is 0.370. The van der Waals surface area contributed by atoms with Crippen molar-refractivity contribution in [3.8, 4) is 0 Å². The van der Waals surface area contributed by atoms with Gasteiger partial charge >= 0.3 is 11.3 Å². The minimum atomic E-state index is -0.280. The Labute approximate surface area is 82.1 Å². The van der Waals surface area contributed by atoms with Gasteiger partial charge in [-0.15, -0.1) is 0 Å². The van der Waals surface area contributed by atoms with Crippen molar-refractivity contribution in [2.24, 2.45) is 7.05 Å². The van der Waals surface area contributed by atoms with Crippen molar-refractivity contribution in [2.45, 2.75) is 38.3 Å². The molecule has 1 aliphatic carbocycles. The number of aryl methyl sites for hydroxylation is 1. The van der Waals surface area contributed by atoms with E-state index in [1.165, 1.54) is 25.7 Å². The first-order valence-corrected chi connectivity index (χ1v) is 5.07. The second kappa shape index (κ2) is 3.96. The van der Waals surface area contributed by atoms with Gasteiger partial charge in [0.25, 0.3) is 0 Å². The van der Waals surface area contributed by atoms with Gasteiger partial charge in [0.15, 0.2) is 7.05 Å². The highest BCUT2D eigenvalue weighted by Gasteiger charge is 2.20. The zero-order valence-electron chi connectivity index (χ0n) is 8.38. The van der Waals surface area contributed by atoms with Gasteiger partial charge in [0.05, 0.1) is 6.54 Å². The highest BCUT2D eigenvalue weighted by atomic mass is 16.5. The first-order chi connectivity index (χ1) is 6.77. The molecule has 1 aromatic rings. The van der Waals surface area contributed by atoms with E-state index in [9.17, 15) is 4.79 Å². The monoisotopic (exact) mass is 198 g/mol. The lowest BCUT2D eigenvalue weighted by atomic mass is 10.2. The van der Waals surface area contributed by atoms with Crippen LogP contribution in [0, 0.1) is 0 Å². The fraction of sp³-hybridized carbons (Fsp3) is 0.778. The maximum absolute atomic E-state index is 11.2. The molecule has 0 aromatic carbocycles. The summed E-state index contributed by atoms with van der Waals surface area (Å²) in [7, 11) is 1.77. The van der Waals surface area contributed by atoms with Crippen LogP contribution in [0.2, 0.25) is 0 Å². The molecule has 0 saturated heterocycles. The Morgan fingerprint density at radius 3 is 2.86 bits per heavy atom. The molecule has 0 spiro atoms. The van der Waals surface area contributed by atoms with Gasteiger partial charge in [-0.1, -0.05) is 17.5 Å². The smallest absolute Gasteiger partial charge is 0.304 e. The van der Waals surface area contributed by atoms with E-state index in [0.717, 1.165) is 0 Å². The van der Waals surface area contributed by atoms with E-state index in [1.807, 2.05) is 0 Å². The summed E-state index contributed by atoms with van der Waals surface area (Å²) in [4.78, 5) is 11.2. The molecular formula is C9H16N3O2+. The van der Waals surface area contributed by atoms with Crippen LogP contribution in [-0.2, 0) is 13.6 Å². The molecule has 0 atom stereocenters. The number of hydrogen-bond acceptors (Lipinski definition) is 3. The molecule has 14 heavy (non-hydrogen) atoms. The Morgan fingerprint density at radius 2 is 2.29 bits per heavy atom. The lowest BCUT2D eigenvalue weighted by Crippen LogP contribution is -2.40. The summed E-state index contributed by atoms with van der Waals surface area (Å²) >= 11 is 0. The lowest BCUT2D eigenvalue weighted by molar-refractivity contribution is -0.746. The van der Waals surface area contributed by atoms with Crippen LogP contribution in [0.1, 0.15) is 31.4 Å². The Morgan fingerprint density at radius 1 is 1.57 bits per heavy atom. The van der Waals surface area contributed by atoms with E-state index in [2.05, 4.69) is 15.1 Å². The molecule has 1 heterocycles. The summed E-state index contributed by atoms with van der Waals surface area (Å²) < 4.78 is 6.27. The molecule has 5 heteroatoms. The van der Waals surface area contributed by atoms with Gasteiger partial charge in [-0.3, -0.25) is 4.52 Å². The third kappa shape index (κ3) is 1.87. The largest absolute Gasteiger partial charge is 0.431 e. The van der Waals surface area contributed by atoms with Crippen LogP contribution in [0.5, 0.6) is 0 Å². The van der Waals surface area contributed by atoms with E-state index in [-0.39, 0.29) is 5.63 Å². The predicted octanol–water partition coefficient (Wildman–Crippen LogP) is -0.175. The minimum Gasteiger partial charge on any atom is -0.304 e. The van der Waals surface area contributed by atoms with Crippen LogP contribution in [-0.4, -0.2) is 11.3 Å². The molecule has 1 aliphatic rings. The molecule has 5 nitrogen and oxygen atoms in total. The van der Waals surface area contributed by atoms with Crippen molar-refractivity contribution in [1.29, 1.82) is 0 Å². The minimum absolute atomic E-state index is 0.280. The van der Waals surface area contributed by atoms with Gasteiger partial charge in [-0.25, -0.2) is 4.79 Å². The summed E-state index contributed by atoms with van der Waals surface area (Å²) in [5, 5.41) is 5.87. The first kappa shape index (κ1) is 9.45. The number of hydrogen-bond donors (Lipinski definition) is 2. The Bertz CT molecular complexity index is 349. The van der Waals surface area contributed by atoms with Crippen LogP contribution in [0.4, 0.5) is 0 Å². The number of aromatic nitrogens is 2. The van der Waals surface area contributed by atoms with Crippen LogP contribution in [0.15, 0.2) is 9.32 Å². The number of rotatable bonds is 3. The van der Waals surface area contributed by atoms with Crippen molar-refractivity contribution < 1.29 is 9.20 Å². The van der Waals surface area contributed by atoms with Crippen LogP contribution >= 0.6 is 0 Å². The van der Waals surface area contributed by atoms with Gasteiger partial charge in [-0.05, 0) is 18.1 Å². The highest BCUT2D eigenvalue weighted by Crippen LogP contribution is 2.17. The zero-order chi connectivity index (χ0) is 9.97. The topological polar surface area (TPSA) is 61.9 Å². The Hall–Kier alpha value is -1.10. The fourth-order valence-corrected chi connectivity index (χ4v) is 1.92. The third-order valence-electron chi connectivity index (χ3n) is 2.83. The molecule has 1 fully saturated rings. The number of nitrogens with one attached hydrogen (secondary N) is 2. The van der Waals surface area contributed by atoms with Gasteiger partial charge in [0.2, 0.25) is 0 Å². The second-order valence-electron chi connectivity index (χ2n) is 3.85. The maximum atomic E-state index is 11.2. The van der Waals surface area contributed by atoms with Gasteiger partial charge < -0.3 is 5.32 Å². The SMILES string of the molecule is C[n+]1[nH]oc(=O)c1CNC1CCCC1. The maximum Gasteiger partial charge on any atom is 0.431 e.